The molecule has 2 aromatic rings. The lowest BCUT2D eigenvalue weighted by molar-refractivity contribution is -0.117. The Morgan fingerprint density at radius 1 is 1.32 bits per heavy atom. The first-order chi connectivity index (χ1) is 9.24. The molecule has 0 saturated heterocycles. The van der Waals surface area contributed by atoms with Crippen LogP contribution in [0.25, 0.3) is 0 Å². The molecule has 0 saturated carbocycles. The Morgan fingerprint density at radius 2 is 2.16 bits per heavy atom. The molecule has 1 amide bonds. The van der Waals surface area contributed by atoms with Crippen LogP contribution in [0.3, 0.4) is 0 Å². The summed E-state index contributed by atoms with van der Waals surface area (Å²) in [4.78, 5) is 17.4. The highest BCUT2D eigenvalue weighted by Gasteiger charge is 2.28. The second-order valence-corrected chi connectivity index (χ2v) is 5.42. The maximum Gasteiger partial charge on any atom is 0.232 e. The average Bonchev–Trinajstić information content (AvgIpc) is 2.85. The van der Waals surface area contributed by atoms with Crippen LogP contribution in [0.4, 0.5) is 11.5 Å². The Kier molecular flexibility index (Phi) is 3.13. The zero-order valence-electron chi connectivity index (χ0n) is 10.2. The molecule has 1 aliphatic rings. The number of anilines is 2. The minimum Gasteiger partial charge on any atom is -0.384 e. The molecule has 3 rings (SSSR count). The molecule has 1 aliphatic heterocycles. The van der Waals surface area contributed by atoms with Crippen LogP contribution in [0.5, 0.6) is 0 Å². The molecule has 4 nitrogen and oxygen atoms in total. The number of thioether (sulfide) groups is 1. The Labute approximate surface area is 115 Å². The summed E-state index contributed by atoms with van der Waals surface area (Å²) >= 11 is 1.72. The van der Waals surface area contributed by atoms with Crippen molar-refractivity contribution in [1.29, 1.82) is 0 Å². The van der Waals surface area contributed by atoms with Crippen molar-refractivity contribution in [2.24, 2.45) is 0 Å². The summed E-state index contributed by atoms with van der Waals surface area (Å²) in [6.07, 6.45) is 1.57. The number of amides is 1. The number of pyridine rings is 1. The minimum absolute atomic E-state index is 0.00372. The first-order valence-electron chi connectivity index (χ1n) is 5.98. The van der Waals surface area contributed by atoms with Gasteiger partial charge in [0.2, 0.25) is 5.91 Å². The van der Waals surface area contributed by atoms with Crippen LogP contribution in [0, 0.1) is 0 Å². The smallest absolute Gasteiger partial charge is 0.232 e. The molecule has 96 valence electrons. The molecular weight excluding hydrogens is 258 g/mol. The van der Waals surface area contributed by atoms with Crippen molar-refractivity contribution in [3.05, 3.63) is 48.2 Å². The normalized spacial score (nSPS) is 16.9. The lowest BCUT2D eigenvalue weighted by Gasteiger charge is -2.11. The predicted molar refractivity (Wildman–Crippen MR) is 77.2 cm³/mol. The molecule has 0 radical (unpaired) electrons. The van der Waals surface area contributed by atoms with Gasteiger partial charge in [0, 0.05) is 10.6 Å². The number of hydrogen-bond donors (Lipinski definition) is 2. The van der Waals surface area contributed by atoms with Crippen LogP contribution in [-0.2, 0) is 4.79 Å². The Balaban J connectivity index is 1.77. The predicted octanol–water partition coefficient (Wildman–Crippen LogP) is 2.49. The van der Waals surface area contributed by atoms with Crippen LogP contribution >= 0.6 is 11.8 Å². The third-order valence-electron chi connectivity index (χ3n) is 3.07. The molecule has 1 atom stereocenters. The van der Waals surface area contributed by atoms with Crippen LogP contribution in [0.2, 0.25) is 0 Å². The summed E-state index contributed by atoms with van der Waals surface area (Å²) in [5, 5.41) is 2.88. The Morgan fingerprint density at radius 3 is 2.95 bits per heavy atom. The zero-order chi connectivity index (χ0) is 13.2. The number of hydrogen-bond acceptors (Lipinski definition) is 4. The molecule has 0 aliphatic carbocycles. The third kappa shape index (κ3) is 2.42. The van der Waals surface area contributed by atoms with Crippen LogP contribution in [0.1, 0.15) is 11.5 Å². The molecule has 3 N–H and O–H groups in total. The highest BCUT2D eigenvalue weighted by Crippen LogP contribution is 2.39. The second-order valence-electron chi connectivity index (χ2n) is 4.36. The lowest BCUT2D eigenvalue weighted by Crippen LogP contribution is -2.21. The number of carbonyl (C=O) groups excluding carboxylic acids is 1. The van der Waals surface area contributed by atoms with E-state index in [2.05, 4.69) is 16.4 Å². The van der Waals surface area contributed by atoms with Gasteiger partial charge >= 0.3 is 0 Å². The molecule has 2 heterocycles. The first-order valence-corrected chi connectivity index (χ1v) is 6.97. The largest absolute Gasteiger partial charge is 0.384 e. The highest BCUT2D eigenvalue weighted by molar-refractivity contribution is 7.99. The van der Waals surface area contributed by atoms with Crippen molar-refractivity contribution in [1.82, 2.24) is 4.98 Å². The molecule has 5 heteroatoms. The summed E-state index contributed by atoms with van der Waals surface area (Å²) in [5.74, 6) is 1.13. The van der Waals surface area contributed by atoms with Crippen molar-refractivity contribution in [3.8, 4) is 0 Å². The van der Waals surface area contributed by atoms with Crippen LogP contribution in [0.15, 0.2) is 47.5 Å². The summed E-state index contributed by atoms with van der Waals surface area (Å²) in [7, 11) is 0. The summed E-state index contributed by atoms with van der Waals surface area (Å²) in [5.41, 5.74) is 7.30. The monoisotopic (exact) mass is 271 g/mol. The van der Waals surface area contributed by atoms with Gasteiger partial charge in [0.05, 0.1) is 17.8 Å². The summed E-state index contributed by atoms with van der Waals surface area (Å²) < 4.78 is 0. The van der Waals surface area contributed by atoms with Gasteiger partial charge in [0.25, 0.3) is 0 Å². The van der Waals surface area contributed by atoms with Gasteiger partial charge < -0.3 is 11.1 Å². The van der Waals surface area contributed by atoms with Gasteiger partial charge in [-0.15, -0.1) is 11.8 Å². The number of nitrogen functional groups attached to an aromatic ring is 1. The van der Waals surface area contributed by atoms with E-state index in [0.717, 1.165) is 11.3 Å². The van der Waals surface area contributed by atoms with E-state index in [1.165, 1.54) is 4.90 Å². The number of nitrogens with one attached hydrogen (secondary N) is 1. The Hall–Kier alpha value is -2.01. The van der Waals surface area contributed by atoms with Gasteiger partial charge in [-0.05, 0) is 23.8 Å². The van der Waals surface area contributed by atoms with Crippen molar-refractivity contribution in [2.45, 2.75) is 10.8 Å². The number of benzene rings is 1. The average molecular weight is 271 g/mol. The highest BCUT2D eigenvalue weighted by atomic mass is 32.2. The number of aromatic nitrogens is 1. The van der Waals surface area contributed by atoms with Gasteiger partial charge in [-0.25, -0.2) is 4.98 Å². The number of rotatable bonds is 2. The minimum atomic E-state index is -0.0984. The quantitative estimate of drug-likeness (QED) is 0.880. The standard InChI is InChI=1S/C14H13N3OS/c15-13-6-5-9(7-16-13)17-14(18)11-8-19-12-4-2-1-3-10(11)12/h1-7,11H,8H2,(H2,15,16)(H,17,18). The SMILES string of the molecule is Nc1ccc(NC(=O)C2CSc3ccccc32)cn1. The van der Waals surface area contributed by atoms with Crippen LogP contribution < -0.4 is 11.1 Å². The molecule has 1 aromatic carbocycles. The zero-order valence-corrected chi connectivity index (χ0v) is 11.0. The summed E-state index contributed by atoms with van der Waals surface area (Å²) in [6.45, 7) is 0. The fraction of sp³-hybridized carbons (Fsp3) is 0.143. The van der Waals surface area contributed by atoms with E-state index in [1.807, 2.05) is 18.2 Å². The van der Waals surface area contributed by atoms with Crippen LogP contribution in [-0.4, -0.2) is 16.6 Å². The van der Waals surface area contributed by atoms with Gasteiger partial charge in [0.15, 0.2) is 0 Å². The molecule has 1 unspecified atom stereocenters. The van der Waals surface area contributed by atoms with Gasteiger partial charge in [-0.2, -0.15) is 0 Å². The Bertz CT molecular complexity index is 612. The summed E-state index contributed by atoms with van der Waals surface area (Å²) in [6, 6.07) is 11.5. The first kappa shape index (κ1) is 12.0. The van der Waals surface area contributed by atoms with Gasteiger partial charge in [-0.1, -0.05) is 18.2 Å². The third-order valence-corrected chi connectivity index (χ3v) is 4.25. The number of nitrogens with two attached hydrogens (primary N) is 1. The van der Waals surface area contributed by atoms with Crippen molar-refractivity contribution in [3.63, 3.8) is 0 Å². The molecular formula is C14H13N3OS. The molecule has 19 heavy (non-hydrogen) atoms. The second kappa shape index (κ2) is 4.93. The van der Waals surface area contributed by atoms with E-state index < -0.39 is 0 Å². The molecule has 1 aromatic heterocycles. The molecule has 0 fully saturated rings. The number of carbonyl (C=O) groups is 1. The topological polar surface area (TPSA) is 68.0 Å². The number of nitrogens with zero attached hydrogens (tertiary/aromatic N) is 1. The van der Waals surface area contributed by atoms with E-state index in [9.17, 15) is 4.79 Å². The lowest BCUT2D eigenvalue weighted by atomic mass is 10.0. The van der Waals surface area contributed by atoms with E-state index >= 15 is 0 Å². The van der Waals surface area contributed by atoms with Gasteiger partial charge in [-0.3, -0.25) is 4.79 Å². The van der Waals surface area contributed by atoms with Gasteiger partial charge in [0.1, 0.15) is 5.82 Å². The maximum atomic E-state index is 12.3. The fourth-order valence-electron chi connectivity index (χ4n) is 2.09. The van der Waals surface area contributed by atoms with E-state index in [0.29, 0.717) is 11.5 Å². The fourth-order valence-corrected chi connectivity index (χ4v) is 3.32. The van der Waals surface area contributed by atoms with Crippen molar-refractivity contribution >= 4 is 29.2 Å². The number of fused-ring (bicyclic) bond motifs is 1. The molecule has 0 bridgehead atoms. The van der Waals surface area contributed by atoms with E-state index in [4.69, 9.17) is 5.73 Å². The van der Waals surface area contributed by atoms with E-state index in [-0.39, 0.29) is 11.8 Å². The molecule has 0 spiro atoms. The van der Waals surface area contributed by atoms with Crippen molar-refractivity contribution < 1.29 is 4.79 Å². The van der Waals surface area contributed by atoms with Crippen molar-refractivity contribution in [2.75, 3.05) is 16.8 Å². The van der Waals surface area contributed by atoms with E-state index in [1.54, 1.807) is 30.1 Å². The maximum absolute atomic E-state index is 12.3.